The van der Waals surface area contributed by atoms with E-state index in [1.54, 1.807) is 0 Å². The second-order valence-electron chi connectivity index (χ2n) is 4.42. The number of fused-ring (bicyclic) bond motifs is 1. The number of carboxylic acid groups (broad SMARTS) is 1. The third-order valence-electron chi connectivity index (χ3n) is 2.90. The molecule has 0 amide bonds. The monoisotopic (exact) mass is 311 g/mol. The second kappa shape index (κ2) is 5.33. The van der Waals surface area contributed by atoms with Gasteiger partial charge in [-0.25, -0.2) is 9.37 Å². The maximum Gasteiger partial charge on any atom is 0.369 e. The lowest BCUT2D eigenvalue weighted by Crippen LogP contribution is -2.40. The molecule has 8 nitrogen and oxygen atoms in total. The number of carbonyl (C=O) groups excluding carboxylic acids is 2. The summed E-state index contributed by atoms with van der Waals surface area (Å²) in [5.41, 5.74) is 0.185. The quantitative estimate of drug-likeness (QED) is 0.318. The molecule has 0 saturated carbocycles. The van der Waals surface area contributed by atoms with E-state index in [9.17, 15) is 23.8 Å². The van der Waals surface area contributed by atoms with Crippen molar-refractivity contribution >= 4 is 31.1 Å². The molecule has 9 heteroatoms. The van der Waals surface area contributed by atoms with Crippen molar-refractivity contribution in [1.29, 1.82) is 0 Å². The number of nitrogens with zero attached hydrogens (tertiary/aromatic N) is 1. The Bertz CT molecular complexity index is 683. The first-order valence-corrected chi connectivity index (χ1v) is 7.40. The van der Waals surface area contributed by atoms with Crippen LogP contribution in [0.5, 0.6) is 0 Å². The molecular weight excluding hydrogens is 301 g/mol. The van der Waals surface area contributed by atoms with Crippen LogP contribution in [0.2, 0.25) is 0 Å². The number of aliphatic carboxylic acids is 1. The van der Waals surface area contributed by atoms with Gasteiger partial charge in [-0.1, -0.05) is 24.3 Å². The fraction of sp³-hybridized carbons (Fsp3) is 0.167. The van der Waals surface area contributed by atoms with E-state index in [0.717, 1.165) is 0 Å². The fourth-order valence-corrected chi connectivity index (χ4v) is 2.76. The van der Waals surface area contributed by atoms with Crippen LogP contribution in [0.1, 0.15) is 20.7 Å². The zero-order valence-corrected chi connectivity index (χ0v) is 11.4. The molecule has 0 heterocycles. The van der Waals surface area contributed by atoms with Gasteiger partial charge in [0.25, 0.3) is 6.04 Å². The molecule has 1 unspecified atom stereocenters. The highest BCUT2D eigenvalue weighted by Crippen LogP contribution is 2.28. The largest absolute Gasteiger partial charge is 0.771 e. The van der Waals surface area contributed by atoms with Crippen LogP contribution in [0.25, 0.3) is 0 Å². The molecule has 0 aromatic heterocycles. The Morgan fingerprint density at radius 3 is 2.14 bits per heavy atom. The van der Waals surface area contributed by atoms with Crippen molar-refractivity contribution in [1.82, 2.24) is 0 Å². The van der Waals surface area contributed by atoms with E-state index in [2.05, 4.69) is 0 Å². The van der Waals surface area contributed by atoms with E-state index in [4.69, 9.17) is 10.00 Å². The van der Waals surface area contributed by atoms with Gasteiger partial charge in [-0.05, 0) is 0 Å². The molecule has 0 spiro atoms. The van der Waals surface area contributed by atoms with Gasteiger partial charge in [0.1, 0.15) is 0 Å². The summed E-state index contributed by atoms with van der Waals surface area (Å²) in [5.74, 6) is -2.66. The summed E-state index contributed by atoms with van der Waals surface area (Å²) in [5, 5.41) is 8.77. The molecule has 2 rings (SSSR count). The standard InChI is InChI=1S/C12H10NO7P/c14-9(15)5-13(6-21(18,19)20)10-11(16)7-3-1-2-4-8(7)12(10)17/h1-4,6,10H,5H2,(H2-,14,15,18,19,20). The van der Waals surface area contributed by atoms with Crippen molar-refractivity contribution in [2.24, 2.45) is 0 Å². The number of carbonyl (C=O) groups is 3. The van der Waals surface area contributed by atoms with Crippen molar-refractivity contribution in [2.45, 2.75) is 6.04 Å². The average molecular weight is 311 g/mol. The molecular formula is C12H10NO7P. The molecule has 110 valence electrons. The minimum atomic E-state index is -5.00. The van der Waals surface area contributed by atoms with Gasteiger partial charge in [-0.3, -0.25) is 14.2 Å². The molecule has 0 aliphatic heterocycles. The number of carboxylic acids is 1. The van der Waals surface area contributed by atoms with Crippen LogP contribution >= 0.6 is 7.60 Å². The highest BCUT2D eigenvalue weighted by Gasteiger charge is 2.47. The van der Waals surface area contributed by atoms with Crippen LogP contribution in [0.4, 0.5) is 0 Å². The lowest BCUT2D eigenvalue weighted by molar-refractivity contribution is -0.520. The summed E-state index contributed by atoms with van der Waals surface area (Å²) in [4.78, 5) is 54.9. The smallest absolute Gasteiger partial charge is 0.369 e. The number of hydrogen-bond acceptors (Lipinski definition) is 5. The lowest BCUT2D eigenvalue weighted by atomic mass is 10.1. The molecule has 1 aliphatic carbocycles. The topological polar surface area (TPSA) is 135 Å². The summed E-state index contributed by atoms with van der Waals surface area (Å²) < 4.78 is 11.5. The molecule has 2 N–H and O–H groups in total. The predicted molar refractivity (Wildman–Crippen MR) is 67.5 cm³/mol. The molecule has 1 atom stereocenters. The number of ketones is 2. The summed E-state index contributed by atoms with van der Waals surface area (Å²) in [7, 11) is -5.00. The zero-order valence-electron chi connectivity index (χ0n) is 10.5. The van der Waals surface area contributed by atoms with Crippen molar-refractivity contribution in [2.75, 3.05) is 6.54 Å². The fourth-order valence-electron chi connectivity index (χ4n) is 2.17. The number of rotatable bonds is 4. The Kier molecular flexibility index (Phi) is 3.87. The van der Waals surface area contributed by atoms with E-state index in [0.29, 0.717) is 4.58 Å². The highest BCUT2D eigenvalue weighted by atomic mass is 31.2. The van der Waals surface area contributed by atoms with Gasteiger partial charge >= 0.3 is 5.97 Å². The van der Waals surface area contributed by atoms with Crippen LogP contribution in [0.15, 0.2) is 24.3 Å². The predicted octanol–water partition coefficient (Wildman–Crippen LogP) is -0.895. The molecule has 0 bridgehead atoms. The van der Waals surface area contributed by atoms with Crippen LogP contribution in [0, 0.1) is 0 Å². The third-order valence-corrected chi connectivity index (χ3v) is 3.49. The van der Waals surface area contributed by atoms with Gasteiger partial charge in [0.05, 0.1) is 0 Å². The Morgan fingerprint density at radius 1 is 1.29 bits per heavy atom. The molecule has 1 aromatic carbocycles. The van der Waals surface area contributed by atoms with Crippen LogP contribution < -0.4 is 4.89 Å². The third kappa shape index (κ3) is 3.13. The van der Waals surface area contributed by atoms with E-state index < -0.39 is 37.7 Å². The van der Waals surface area contributed by atoms with Crippen LogP contribution in [-0.4, -0.2) is 50.7 Å². The van der Waals surface area contributed by atoms with Gasteiger partial charge in [0, 0.05) is 11.1 Å². The van der Waals surface area contributed by atoms with Gasteiger partial charge in [-0.15, -0.1) is 0 Å². The maximum absolute atomic E-state index is 12.2. The summed E-state index contributed by atoms with van der Waals surface area (Å²) in [6.07, 6.45) is 0. The minimum absolute atomic E-state index is 0.0926. The van der Waals surface area contributed by atoms with E-state index >= 15 is 0 Å². The molecule has 21 heavy (non-hydrogen) atoms. The molecule has 0 fully saturated rings. The summed E-state index contributed by atoms with van der Waals surface area (Å²) in [6, 6.07) is 4.24. The molecule has 0 saturated heterocycles. The summed E-state index contributed by atoms with van der Waals surface area (Å²) in [6.45, 7) is -0.914. The van der Waals surface area contributed by atoms with Crippen LogP contribution in [0.3, 0.4) is 0 Å². The molecule has 1 aliphatic rings. The van der Waals surface area contributed by atoms with E-state index in [1.165, 1.54) is 24.3 Å². The Hall–Kier alpha value is -2.15. The lowest BCUT2D eigenvalue weighted by Gasteiger charge is -2.11. The number of Topliss-reactive ketones (excluding diaryl/α,β-unsaturated/α-hetero) is 2. The van der Waals surface area contributed by atoms with Crippen molar-refractivity contribution < 1.29 is 38.4 Å². The zero-order chi connectivity index (χ0) is 15.8. The molecule has 1 aromatic rings. The Balaban J connectivity index is 2.51. The van der Waals surface area contributed by atoms with Crippen LogP contribution in [-0.2, 0) is 9.36 Å². The second-order valence-corrected chi connectivity index (χ2v) is 5.78. The first-order chi connectivity index (χ1) is 9.70. The van der Waals surface area contributed by atoms with E-state index in [1.807, 2.05) is 0 Å². The number of hydrogen-bond donors (Lipinski definition) is 2. The number of benzene rings is 1. The molecule has 0 radical (unpaired) electrons. The highest BCUT2D eigenvalue weighted by molar-refractivity contribution is 7.66. The Morgan fingerprint density at radius 2 is 1.76 bits per heavy atom. The first-order valence-electron chi connectivity index (χ1n) is 5.75. The Labute approximate surface area is 118 Å². The normalized spacial score (nSPS) is 18.5. The SMILES string of the molecule is O=C(O)C[N+](=CP(=O)([O-])O)C1C(=O)c2ccccc2C1=O. The van der Waals surface area contributed by atoms with Crippen molar-refractivity contribution in [3.63, 3.8) is 0 Å². The van der Waals surface area contributed by atoms with E-state index in [-0.39, 0.29) is 17.1 Å². The van der Waals surface area contributed by atoms with Crippen molar-refractivity contribution in [3.8, 4) is 0 Å². The summed E-state index contributed by atoms with van der Waals surface area (Å²) >= 11 is 0. The van der Waals surface area contributed by atoms with Crippen molar-refractivity contribution in [3.05, 3.63) is 35.4 Å². The average Bonchev–Trinajstić information content (AvgIpc) is 2.59. The van der Waals surface area contributed by atoms with Gasteiger partial charge in [0.2, 0.25) is 31.7 Å². The minimum Gasteiger partial charge on any atom is -0.771 e. The van der Waals surface area contributed by atoms with Gasteiger partial charge in [0.15, 0.2) is 0 Å². The first kappa shape index (κ1) is 15.2. The van der Waals surface area contributed by atoms with Gasteiger partial charge in [-0.2, -0.15) is 0 Å². The van der Waals surface area contributed by atoms with Gasteiger partial charge < -0.3 is 14.9 Å². The maximum atomic E-state index is 12.2.